The van der Waals surface area contributed by atoms with Crippen LogP contribution in [0.15, 0.2) is 10.9 Å². The van der Waals surface area contributed by atoms with Gasteiger partial charge < -0.3 is 9.80 Å². The summed E-state index contributed by atoms with van der Waals surface area (Å²) in [5, 5.41) is 1.81. The average molecular weight is 253 g/mol. The van der Waals surface area contributed by atoms with E-state index < -0.39 is 0 Å². The second-order valence-corrected chi connectivity index (χ2v) is 5.52. The van der Waals surface area contributed by atoms with Crippen molar-refractivity contribution in [1.29, 1.82) is 0 Å². The van der Waals surface area contributed by atoms with E-state index >= 15 is 0 Å². The summed E-state index contributed by atoms with van der Waals surface area (Å²) in [7, 11) is 4.03. The summed E-state index contributed by atoms with van der Waals surface area (Å²) in [6, 6.07) is 0. The lowest BCUT2D eigenvalue weighted by atomic mass is 9.96. The zero-order chi connectivity index (χ0) is 12.3. The van der Waals surface area contributed by atoms with Gasteiger partial charge in [-0.2, -0.15) is 0 Å². The standard InChI is InChI=1S/C12H19N3OS/c1-14-5-3-10(4-6-14)7-15(2)12(16)11-8-17-9-13-11/h8-10H,3-7H2,1-2H3. The first kappa shape index (κ1) is 12.5. The van der Waals surface area contributed by atoms with E-state index in [1.54, 1.807) is 5.51 Å². The Kier molecular flexibility index (Phi) is 4.12. The molecule has 0 saturated carbocycles. The normalized spacial score (nSPS) is 18.2. The van der Waals surface area contributed by atoms with Crippen LogP contribution in [0.3, 0.4) is 0 Å². The van der Waals surface area contributed by atoms with Gasteiger partial charge >= 0.3 is 0 Å². The van der Waals surface area contributed by atoms with Gasteiger partial charge in [0.05, 0.1) is 5.51 Å². The van der Waals surface area contributed by atoms with E-state index in [2.05, 4.69) is 16.9 Å². The number of carbonyl (C=O) groups excluding carboxylic acids is 1. The molecule has 0 unspecified atom stereocenters. The Morgan fingerprint density at radius 1 is 1.59 bits per heavy atom. The fourth-order valence-electron chi connectivity index (χ4n) is 2.23. The van der Waals surface area contributed by atoms with Gasteiger partial charge in [-0.15, -0.1) is 11.3 Å². The van der Waals surface area contributed by atoms with Crippen LogP contribution in [0.4, 0.5) is 0 Å². The Labute approximate surface area is 106 Å². The summed E-state index contributed by atoms with van der Waals surface area (Å²) in [6.07, 6.45) is 2.37. The number of rotatable bonds is 3. The number of amides is 1. The van der Waals surface area contributed by atoms with E-state index in [-0.39, 0.29) is 5.91 Å². The quantitative estimate of drug-likeness (QED) is 0.820. The molecular formula is C12H19N3OS. The van der Waals surface area contributed by atoms with Gasteiger partial charge in [-0.25, -0.2) is 4.98 Å². The Hall–Kier alpha value is -0.940. The van der Waals surface area contributed by atoms with E-state index in [9.17, 15) is 4.79 Å². The monoisotopic (exact) mass is 253 g/mol. The van der Waals surface area contributed by atoms with Crippen molar-refractivity contribution >= 4 is 17.2 Å². The van der Waals surface area contributed by atoms with Crippen molar-refractivity contribution in [3.05, 3.63) is 16.6 Å². The maximum atomic E-state index is 12.0. The molecule has 1 aromatic heterocycles. The molecule has 5 heteroatoms. The van der Waals surface area contributed by atoms with E-state index in [1.807, 2.05) is 17.3 Å². The van der Waals surface area contributed by atoms with Crippen LogP contribution in [-0.2, 0) is 0 Å². The predicted molar refractivity (Wildman–Crippen MR) is 69.3 cm³/mol. The molecular weight excluding hydrogens is 234 g/mol. The van der Waals surface area contributed by atoms with Gasteiger partial charge in [0.1, 0.15) is 5.69 Å². The van der Waals surface area contributed by atoms with Crippen molar-refractivity contribution in [3.8, 4) is 0 Å². The van der Waals surface area contributed by atoms with E-state index in [1.165, 1.54) is 24.2 Å². The van der Waals surface area contributed by atoms with Crippen molar-refractivity contribution in [2.45, 2.75) is 12.8 Å². The Morgan fingerprint density at radius 3 is 2.88 bits per heavy atom. The van der Waals surface area contributed by atoms with Crippen LogP contribution in [0.1, 0.15) is 23.3 Å². The summed E-state index contributed by atoms with van der Waals surface area (Å²) in [5.74, 6) is 0.684. The smallest absolute Gasteiger partial charge is 0.273 e. The number of likely N-dealkylation sites (tertiary alicyclic amines) is 1. The first-order valence-corrected chi connectivity index (χ1v) is 6.93. The minimum absolute atomic E-state index is 0.0465. The van der Waals surface area contributed by atoms with E-state index in [0.29, 0.717) is 11.6 Å². The van der Waals surface area contributed by atoms with Crippen molar-refractivity contribution in [2.24, 2.45) is 5.92 Å². The number of thiazole rings is 1. The molecule has 4 nitrogen and oxygen atoms in total. The van der Waals surface area contributed by atoms with E-state index in [4.69, 9.17) is 0 Å². The Morgan fingerprint density at radius 2 is 2.29 bits per heavy atom. The maximum absolute atomic E-state index is 12.0. The summed E-state index contributed by atoms with van der Waals surface area (Å²) >= 11 is 1.47. The third-order valence-electron chi connectivity index (χ3n) is 3.37. The van der Waals surface area contributed by atoms with Crippen molar-refractivity contribution in [2.75, 3.05) is 33.7 Å². The van der Waals surface area contributed by atoms with Crippen molar-refractivity contribution in [3.63, 3.8) is 0 Å². The molecule has 94 valence electrons. The molecule has 17 heavy (non-hydrogen) atoms. The van der Waals surface area contributed by atoms with Gasteiger partial charge in [-0.05, 0) is 38.9 Å². The highest BCUT2D eigenvalue weighted by Gasteiger charge is 2.21. The number of piperidine rings is 1. The predicted octanol–water partition coefficient (Wildman–Crippen LogP) is 1.56. The van der Waals surface area contributed by atoms with Gasteiger partial charge in [0.15, 0.2) is 0 Å². The summed E-state index contributed by atoms with van der Waals surface area (Å²) in [6.45, 7) is 3.14. The van der Waals surface area contributed by atoms with Gasteiger partial charge in [0.2, 0.25) is 0 Å². The molecule has 1 aromatic rings. The molecule has 0 aliphatic carbocycles. The van der Waals surface area contributed by atoms with Crippen LogP contribution in [-0.4, -0.2) is 54.4 Å². The van der Waals surface area contributed by atoms with Gasteiger partial charge in [-0.3, -0.25) is 4.79 Å². The lowest BCUT2D eigenvalue weighted by Gasteiger charge is -2.31. The van der Waals surface area contributed by atoms with Crippen molar-refractivity contribution in [1.82, 2.24) is 14.8 Å². The highest BCUT2D eigenvalue weighted by molar-refractivity contribution is 7.07. The minimum Gasteiger partial charge on any atom is -0.340 e. The first-order chi connectivity index (χ1) is 8.16. The fraction of sp³-hybridized carbons (Fsp3) is 0.667. The highest BCUT2D eigenvalue weighted by atomic mass is 32.1. The van der Waals surface area contributed by atoms with Gasteiger partial charge in [0, 0.05) is 19.0 Å². The largest absolute Gasteiger partial charge is 0.340 e. The van der Waals surface area contributed by atoms with Crippen LogP contribution in [0.5, 0.6) is 0 Å². The third-order valence-corrected chi connectivity index (χ3v) is 3.95. The molecule has 0 N–H and O–H groups in total. The second-order valence-electron chi connectivity index (χ2n) is 4.81. The zero-order valence-corrected chi connectivity index (χ0v) is 11.2. The molecule has 1 fully saturated rings. The molecule has 0 atom stereocenters. The zero-order valence-electron chi connectivity index (χ0n) is 10.4. The van der Waals surface area contributed by atoms with Crippen LogP contribution in [0.25, 0.3) is 0 Å². The topological polar surface area (TPSA) is 36.4 Å². The number of nitrogens with zero attached hydrogens (tertiary/aromatic N) is 3. The van der Waals surface area contributed by atoms with Crippen LogP contribution in [0, 0.1) is 5.92 Å². The van der Waals surface area contributed by atoms with Crippen LogP contribution in [0.2, 0.25) is 0 Å². The fourth-order valence-corrected chi connectivity index (χ4v) is 2.75. The molecule has 1 saturated heterocycles. The Bertz CT molecular complexity index is 358. The van der Waals surface area contributed by atoms with E-state index in [0.717, 1.165) is 19.6 Å². The number of hydrogen-bond acceptors (Lipinski definition) is 4. The summed E-state index contributed by atoms with van der Waals surface area (Å²) < 4.78 is 0. The Balaban J connectivity index is 1.85. The SMILES string of the molecule is CN1CCC(CN(C)C(=O)c2cscn2)CC1. The maximum Gasteiger partial charge on any atom is 0.273 e. The average Bonchev–Trinajstić information content (AvgIpc) is 2.84. The van der Waals surface area contributed by atoms with Crippen LogP contribution < -0.4 is 0 Å². The lowest BCUT2D eigenvalue weighted by Crippen LogP contribution is -2.38. The molecule has 0 radical (unpaired) electrons. The summed E-state index contributed by atoms with van der Waals surface area (Å²) in [5.41, 5.74) is 2.28. The van der Waals surface area contributed by atoms with Gasteiger partial charge in [0.25, 0.3) is 5.91 Å². The molecule has 2 rings (SSSR count). The molecule has 2 heterocycles. The molecule has 0 aromatic carbocycles. The number of hydrogen-bond donors (Lipinski definition) is 0. The number of aromatic nitrogens is 1. The molecule has 1 aliphatic rings. The van der Waals surface area contributed by atoms with Crippen LogP contribution >= 0.6 is 11.3 Å². The molecule has 0 spiro atoms. The highest BCUT2D eigenvalue weighted by Crippen LogP contribution is 2.17. The lowest BCUT2D eigenvalue weighted by molar-refractivity contribution is 0.0742. The molecule has 1 amide bonds. The molecule has 1 aliphatic heterocycles. The molecule has 0 bridgehead atoms. The summed E-state index contributed by atoms with van der Waals surface area (Å²) in [4.78, 5) is 20.2. The minimum atomic E-state index is 0.0465. The van der Waals surface area contributed by atoms with Gasteiger partial charge in [-0.1, -0.05) is 0 Å². The van der Waals surface area contributed by atoms with Crippen molar-refractivity contribution < 1.29 is 4.79 Å². The first-order valence-electron chi connectivity index (χ1n) is 5.99. The number of carbonyl (C=O) groups is 1. The second kappa shape index (κ2) is 5.60. The third kappa shape index (κ3) is 3.26.